The van der Waals surface area contributed by atoms with Gasteiger partial charge in [-0.2, -0.15) is 5.26 Å². The van der Waals surface area contributed by atoms with Crippen molar-refractivity contribution in [2.75, 3.05) is 6.54 Å². The van der Waals surface area contributed by atoms with Crippen molar-refractivity contribution in [3.63, 3.8) is 0 Å². The Bertz CT molecular complexity index is 597. The second kappa shape index (κ2) is 5.89. The summed E-state index contributed by atoms with van der Waals surface area (Å²) in [4.78, 5) is 7.71. The highest BCUT2D eigenvalue weighted by Gasteiger charge is 2.09. The lowest BCUT2D eigenvalue weighted by Gasteiger charge is -2.19. The van der Waals surface area contributed by atoms with Gasteiger partial charge in [0.2, 0.25) is 0 Å². The fourth-order valence-corrected chi connectivity index (χ4v) is 1.92. The smallest absolute Gasteiger partial charge is 0.107 e. The fourth-order valence-electron chi connectivity index (χ4n) is 1.92. The lowest BCUT2D eigenvalue weighted by Crippen LogP contribution is -2.37. The van der Waals surface area contributed by atoms with Crippen LogP contribution in [0.3, 0.4) is 0 Å². The first kappa shape index (κ1) is 14.3. The molecule has 0 bridgehead atoms. The predicted octanol–water partition coefficient (Wildman–Crippen LogP) is 2.88. The van der Waals surface area contributed by atoms with E-state index in [1.807, 2.05) is 30.5 Å². The molecule has 0 spiro atoms. The molecule has 104 valence electrons. The number of nitrogens with one attached hydrogen (secondary N) is 2. The highest BCUT2D eigenvalue weighted by molar-refractivity contribution is 5.59. The van der Waals surface area contributed by atoms with Gasteiger partial charge in [0.25, 0.3) is 0 Å². The third kappa shape index (κ3) is 3.94. The number of rotatable bonds is 4. The molecule has 0 fully saturated rings. The van der Waals surface area contributed by atoms with Crippen molar-refractivity contribution in [2.45, 2.75) is 32.7 Å². The number of nitrogens with zero attached hydrogens (tertiary/aromatic N) is 2. The van der Waals surface area contributed by atoms with Gasteiger partial charge in [-0.15, -0.1) is 0 Å². The summed E-state index contributed by atoms with van der Waals surface area (Å²) >= 11 is 0. The van der Waals surface area contributed by atoms with Crippen LogP contribution < -0.4 is 5.32 Å². The molecule has 0 aliphatic heterocycles. The summed E-state index contributed by atoms with van der Waals surface area (Å²) in [6.07, 6.45) is 2.71. The van der Waals surface area contributed by atoms with Gasteiger partial charge in [-0.25, -0.2) is 4.98 Å². The summed E-state index contributed by atoms with van der Waals surface area (Å²) in [7, 11) is 0. The van der Waals surface area contributed by atoms with Gasteiger partial charge in [0.1, 0.15) is 5.82 Å². The van der Waals surface area contributed by atoms with E-state index < -0.39 is 0 Å². The van der Waals surface area contributed by atoms with E-state index in [4.69, 9.17) is 5.26 Å². The Labute approximate surface area is 119 Å². The van der Waals surface area contributed by atoms with Gasteiger partial charge in [0.05, 0.1) is 23.5 Å². The highest BCUT2D eigenvalue weighted by Crippen LogP contribution is 2.17. The van der Waals surface area contributed by atoms with Crippen LogP contribution in [0.1, 0.15) is 32.2 Å². The average molecular weight is 268 g/mol. The van der Waals surface area contributed by atoms with E-state index in [1.165, 1.54) is 0 Å². The Hall–Kier alpha value is -2.12. The first-order valence-electron chi connectivity index (χ1n) is 6.77. The minimum atomic E-state index is 0.128. The molecule has 1 aromatic heterocycles. The van der Waals surface area contributed by atoms with E-state index in [2.05, 4.69) is 42.1 Å². The second-order valence-corrected chi connectivity index (χ2v) is 5.86. The van der Waals surface area contributed by atoms with Crippen LogP contribution in [-0.2, 0) is 6.42 Å². The molecule has 1 aromatic carbocycles. The van der Waals surface area contributed by atoms with Crippen molar-refractivity contribution >= 4 is 0 Å². The lowest BCUT2D eigenvalue weighted by atomic mass is 10.1. The molecule has 0 aliphatic rings. The largest absolute Gasteiger partial charge is 0.342 e. The van der Waals surface area contributed by atoms with E-state index in [0.29, 0.717) is 5.56 Å². The van der Waals surface area contributed by atoms with Crippen molar-refractivity contribution in [1.82, 2.24) is 15.3 Å². The summed E-state index contributed by atoms with van der Waals surface area (Å²) in [6, 6.07) is 9.62. The maximum Gasteiger partial charge on any atom is 0.107 e. The number of benzene rings is 1. The standard InChI is InChI=1S/C16H20N4/c1-16(2,3)19-9-8-15-18-11-14(20-15)13-6-4-12(10-17)5-7-13/h4-7,11,19H,8-9H2,1-3H3,(H,18,20). The first-order chi connectivity index (χ1) is 9.48. The van der Waals surface area contributed by atoms with Crippen molar-refractivity contribution in [3.05, 3.63) is 41.9 Å². The Morgan fingerprint density at radius 2 is 1.95 bits per heavy atom. The zero-order chi connectivity index (χ0) is 14.6. The summed E-state index contributed by atoms with van der Waals surface area (Å²) < 4.78 is 0. The van der Waals surface area contributed by atoms with Crippen LogP contribution in [0.2, 0.25) is 0 Å². The zero-order valence-electron chi connectivity index (χ0n) is 12.2. The topological polar surface area (TPSA) is 64.5 Å². The molecule has 4 heteroatoms. The normalized spacial score (nSPS) is 11.3. The van der Waals surface area contributed by atoms with Gasteiger partial charge in [-0.05, 0) is 38.5 Å². The third-order valence-electron chi connectivity index (χ3n) is 2.97. The van der Waals surface area contributed by atoms with E-state index >= 15 is 0 Å². The Morgan fingerprint density at radius 1 is 1.25 bits per heavy atom. The van der Waals surface area contributed by atoms with Gasteiger partial charge in [-0.3, -0.25) is 0 Å². The van der Waals surface area contributed by atoms with E-state index in [1.54, 1.807) is 0 Å². The number of imidazole rings is 1. The van der Waals surface area contributed by atoms with Crippen LogP contribution in [0.25, 0.3) is 11.3 Å². The molecule has 0 saturated heterocycles. The Kier molecular flexibility index (Phi) is 4.21. The molecule has 0 saturated carbocycles. The first-order valence-corrected chi connectivity index (χ1v) is 6.77. The average Bonchev–Trinajstić information content (AvgIpc) is 2.86. The van der Waals surface area contributed by atoms with Crippen molar-refractivity contribution in [1.29, 1.82) is 5.26 Å². The minimum Gasteiger partial charge on any atom is -0.342 e. The number of hydrogen-bond donors (Lipinski definition) is 2. The molecule has 0 amide bonds. The molecule has 2 N–H and O–H groups in total. The third-order valence-corrected chi connectivity index (χ3v) is 2.97. The van der Waals surface area contributed by atoms with Gasteiger partial charge in [0.15, 0.2) is 0 Å². The number of H-pyrrole nitrogens is 1. The van der Waals surface area contributed by atoms with Crippen molar-refractivity contribution in [2.24, 2.45) is 0 Å². The van der Waals surface area contributed by atoms with Gasteiger partial charge >= 0.3 is 0 Å². The van der Waals surface area contributed by atoms with Crippen LogP contribution in [0.5, 0.6) is 0 Å². The highest BCUT2D eigenvalue weighted by atomic mass is 15.0. The Morgan fingerprint density at radius 3 is 2.55 bits per heavy atom. The fraction of sp³-hybridized carbons (Fsp3) is 0.375. The second-order valence-electron chi connectivity index (χ2n) is 5.86. The SMILES string of the molecule is CC(C)(C)NCCc1ncc(-c2ccc(C#N)cc2)[nH]1. The molecule has 0 unspecified atom stereocenters. The van der Waals surface area contributed by atoms with Crippen molar-refractivity contribution in [3.8, 4) is 17.3 Å². The van der Waals surface area contributed by atoms with Crippen LogP contribution in [0, 0.1) is 11.3 Å². The molecule has 1 heterocycles. The van der Waals surface area contributed by atoms with Crippen LogP contribution in [0.15, 0.2) is 30.5 Å². The molecule has 0 atom stereocenters. The molecular weight excluding hydrogens is 248 g/mol. The van der Waals surface area contributed by atoms with Gasteiger partial charge in [-0.1, -0.05) is 12.1 Å². The van der Waals surface area contributed by atoms with Crippen LogP contribution >= 0.6 is 0 Å². The molecule has 4 nitrogen and oxygen atoms in total. The number of aromatic amines is 1. The molecule has 20 heavy (non-hydrogen) atoms. The molecule has 0 radical (unpaired) electrons. The zero-order valence-corrected chi connectivity index (χ0v) is 12.2. The molecular formula is C16H20N4. The maximum atomic E-state index is 8.79. The van der Waals surface area contributed by atoms with Crippen LogP contribution in [-0.4, -0.2) is 22.1 Å². The van der Waals surface area contributed by atoms with Crippen molar-refractivity contribution < 1.29 is 0 Å². The molecule has 0 aliphatic carbocycles. The molecule has 2 rings (SSSR count). The number of nitriles is 1. The van der Waals surface area contributed by atoms with E-state index in [9.17, 15) is 0 Å². The number of hydrogen-bond acceptors (Lipinski definition) is 3. The summed E-state index contributed by atoms with van der Waals surface area (Å²) in [5.41, 5.74) is 2.83. The maximum absolute atomic E-state index is 8.79. The molecule has 2 aromatic rings. The quantitative estimate of drug-likeness (QED) is 0.896. The van der Waals surface area contributed by atoms with E-state index in [0.717, 1.165) is 30.0 Å². The van der Waals surface area contributed by atoms with Gasteiger partial charge in [0, 0.05) is 18.5 Å². The monoisotopic (exact) mass is 268 g/mol. The van der Waals surface area contributed by atoms with Crippen LogP contribution in [0.4, 0.5) is 0 Å². The predicted molar refractivity (Wildman–Crippen MR) is 80.2 cm³/mol. The summed E-state index contributed by atoms with van der Waals surface area (Å²) in [6.45, 7) is 7.34. The minimum absolute atomic E-state index is 0.128. The summed E-state index contributed by atoms with van der Waals surface area (Å²) in [5, 5.41) is 12.2. The summed E-state index contributed by atoms with van der Waals surface area (Å²) in [5.74, 6) is 0.973. The van der Waals surface area contributed by atoms with E-state index in [-0.39, 0.29) is 5.54 Å². The Balaban J connectivity index is 1.99. The number of aromatic nitrogens is 2. The lowest BCUT2D eigenvalue weighted by molar-refractivity contribution is 0.427. The van der Waals surface area contributed by atoms with Gasteiger partial charge < -0.3 is 10.3 Å².